The number of nitrogens with zero attached hydrogens (tertiary/aromatic N) is 1. The molecule has 1 fully saturated rings. The number of aliphatic hydroxyl groups excluding tert-OH is 1. The summed E-state index contributed by atoms with van der Waals surface area (Å²) in [5.74, 6) is -4.10. The van der Waals surface area contributed by atoms with Gasteiger partial charge in [-0.05, 0) is 39.6 Å². The zero-order valence-electron chi connectivity index (χ0n) is 22.7. The molecule has 0 spiro atoms. The Morgan fingerprint density at radius 3 is 2.51 bits per heavy atom. The Balaban J connectivity index is 1.31. The average molecular weight is 633 g/mol. The third-order valence-corrected chi connectivity index (χ3v) is 7.87. The van der Waals surface area contributed by atoms with Crippen molar-refractivity contribution in [3.63, 3.8) is 0 Å². The van der Waals surface area contributed by atoms with E-state index in [4.69, 9.17) is 18.9 Å². The molecule has 0 unspecified atom stereocenters. The molecule has 11 heteroatoms. The summed E-state index contributed by atoms with van der Waals surface area (Å²) >= 11 is 3.23. The van der Waals surface area contributed by atoms with Crippen molar-refractivity contribution in [2.75, 3.05) is 26.4 Å². The van der Waals surface area contributed by atoms with E-state index in [2.05, 4.69) is 15.9 Å². The molecule has 10 nitrogen and oxygen atoms in total. The van der Waals surface area contributed by atoms with Gasteiger partial charge in [0.25, 0.3) is 0 Å². The predicted molar refractivity (Wildman–Crippen MR) is 151 cm³/mol. The number of cyclic esters (lactones) is 1. The van der Waals surface area contributed by atoms with Crippen LogP contribution in [0.1, 0.15) is 36.9 Å². The molecule has 2 aliphatic rings. The summed E-state index contributed by atoms with van der Waals surface area (Å²) in [5.41, 5.74) is 1.70. The van der Waals surface area contributed by atoms with Crippen LogP contribution in [0.4, 0.5) is 4.79 Å². The first kappa shape index (κ1) is 31.0. The first-order valence-corrected chi connectivity index (χ1v) is 14.2. The topological polar surface area (TPSA) is 132 Å². The van der Waals surface area contributed by atoms with Crippen molar-refractivity contribution in [3.8, 4) is 0 Å². The van der Waals surface area contributed by atoms with E-state index >= 15 is 0 Å². The number of imide groups is 1. The van der Waals surface area contributed by atoms with Gasteiger partial charge in [-0.2, -0.15) is 0 Å². The summed E-state index contributed by atoms with van der Waals surface area (Å²) in [5, 5.41) is 20.8. The first-order chi connectivity index (χ1) is 19.7. The largest absolute Gasteiger partial charge is 0.446 e. The zero-order valence-corrected chi connectivity index (χ0v) is 24.3. The number of ketones is 1. The normalized spacial score (nSPS) is 24.1. The predicted octanol–water partition coefficient (Wildman–Crippen LogP) is 3.65. The van der Waals surface area contributed by atoms with Crippen LogP contribution in [0.25, 0.3) is 0 Å². The minimum absolute atomic E-state index is 0.00456. The highest BCUT2D eigenvalue weighted by Crippen LogP contribution is 2.37. The summed E-state index contributed by atoms with van der Waals surface area (Å²) in [6.45, 7) is 2.00. The number of halogens is 1. The second kappa shape index (κ2) is 14.3. The Bertz CT molecular complexity index is 1220. The third kappa shape index (κ3) is 7.68. The summed E-state index contributed by atoms with van der Waals surface area (Å²) in [6.07, 6.45) is -1.02. The number of benzene rings is 2. The molecule has 1 saturated heterocycles. The van der Waals surface area contributed by atoms with E-state index in [-0.39, 0.29) is 37.3 Å². The van der Waals surface area contributed by atoms with E-state index in [9.17, 15) is 24.6 Å². The molecule has 2 aliphatic heterocycles. The van der Waals surface area contributed by atoms with Gasteiger partial charge < -0.3 is 29.2 Å². The summed E-state index contributed by atoms with van der Waals surface area (Å²) in [4.78, 5) is 39.8. The highest BCUT2D eigenvalue weighted by atomic mass is 79.9. The number of hydrogen-bond donors (Lipinski definition) is 2. The Morgan fingerprint density at radius 2 is 1.83 bits per heavy atom. The lowest BCUT2D eigenvalue weighted by Gasteiger charge is -2.37. The molecule has 2 aromatic carbocycles. The van der Waals surface area contributed by atoms with Gasteiger partial charge >= 0.3 is 6.09 Å². The van der Waals surface area contributed by atoms with Gasteiger partial charge in [0.1, 0.15) is 24.9 Å². The molecule has 5 atom stereocenters. The highest BCUT2D eigenvalue weighted by Gasteiger charge is 2.48. The van der Waals surface area contributed by atoms with Crippen molar-refractivity contribution < 1.29 is 43.5 Å². The molecule has 0 saturated carbocycles. The summed E-state index contributed by atoms with van der Waals surface area (Å²) in [7, 11) is 0. The Labute approximate surface area is 247 Å². The smallest absolute Gasteiger partial charge is 0.417 e. The fourth-order valence-corrected chi connectivity index (χ4v) is 5.19. The lowest BCUT2D eigenvalue weighted by atomic mass is 9.93. The molecular weight excluding hydrogens is 598 g/mol. The zero-order chi connectivity index (χ0) is 29.4. The second-order valence-corrected chi connectivity index (χ2v) is 10.9. The molecule has 2 N–H and O–H groups in total. The quantitative estimate of drug-likeness (QED) is 0.318. The van der Waals surface area contributed by atoms with Crippen molar-refractivity contribution in [2.45, 2.75) is 50.4 Å². The van der Waals surface area contributed by atoms with Crippen molar-refractivity contribution in [2.24, 2.45) is 5.92 Å². The van der Waals surface area contributed by atoms with Crippen LogP contribution in [-0.4, -0.2) is 77.3 Å². The van der Waals surface area contributed by atoms with Crippen LogP contribution in [-0.2, 0) is 35.1 Å². The molecule has 0 bridgehead atoms. The van der Waals surface area contributed by atoms with E-state index < -0.39 is 47.7 Å². The van der Waals surface area contributed by atoms with Crippen LogP contribution in [0, 0.1) is 5.92 Å². The molecule has 2 amide bonds. The van der Waals surface area contributed by atoms with Crippen molar-refractivity contribution in [1.82, 2.24) is 4.90 Å². The van der Waals surface area contributed by atoms with Gasteiger partial charge in [0, 0.05) is 13.0 Å². The lowest BCUT2D eigenvalue weighted by molar-refractivity contribution is -0.218. The number of hydrogen-bond acceptors (Lipinski definition) is 9. The maximum atomic E-state index is 13.4. The monoisotopic (exact) mass is 631 g/mol. The van der Waals surface area contributed by atoms with E-state index in [0.717, 1.165) is 16.0 Å². The van der Waals surface area contributed by atoms with E-state index in [1.54, 1.807) is 24.3 Å². The Hall–Kier alpha value is -2.93. The first-order valence-electron chi connectivity index (χ1n) is 13.4. The molecule has 220 valence electrons. The van der Waals surface area contributed by atoms with Crippen LogP contribution in [0.15, 0.2) is 71.2 Å². The SMILES string of the molecule is C[C@@H](C(=O)N1C(=O)OC[C@H]1c1ccccc1)[C@@H]1O[C@@](O)(CCCOC[C@@H](CO)OCc2ccccc2)C(Br)=CC1=O. The van der Waals surface area contributed by atoms with Gasteiger partial charge in [0.15, 0.2) is 11.6 Å². The molecule has 0 aromatic heterocycles. The lowest BCUT2D eigenvalue weighted by Crippen LogP contribution is -2.51. The van der Waals surface area contributed by atoms with Gasteiger partial charge in [-0.3, -0.25) is 9.59 Å². The highest BCUT2D eigenvalue weighted by molar-refractivity contribution is 9.11. The van der Waals surface area contributed by atoms with Gasteiger partial charge in [0.2, 0.25) is 5.91 Å². The number of ether oxygens (including phenoxy) is 4. The van der Waals surface area contributed by atoms with E-state index in [1.807, 2.05) is 36.4 Å². The van der Waals surface area contributed by atoms with Crippen LogP contribution < -0.4 is 0 Å². The minimum atomic E-state index is -1.87. The van der Waals surface area contributed by atoms with Gasteiger partial charge in [-0.15, -0.1) is 0 Å². The van der Waals surface area contributed by atoms with Crippen molar-refractivity contribution in [1.29, 1.82) is 0 Å². The van der Waals surface area contributed by atoms with Gasteiger partial charge in [-0.1, -0.05) is 67.6 Å². The van der Waals surface area contributed by atoms with Crippen LogP contribution in [0.5, 0.6) is 0 Å². The molecule has 0 aliphatic carbocycles. The molecule has 41 heavy (non-hydrogen) atoms. The fraction of sp³-hybridized carbons (Fsp3) is 0.433. The van der Waals surface area contributed by atoms with E-state index in [0.29, 0.717) is 13.0 Å². The summed E-state index contributed by atoms with van der Waals surface area (Å²) < 4.78 is 22.5. The van der Waals surface area contributed by atoms with Gasteiger partial charge in [0.05, 0.1) is 30.2 Å². The van der Waals surface area contributed by atoms with Crippen LogP contribution in [0.3, 0.4) is 0 Å². The number of carbonyl (C=O) groups is 3. The number of amides is 2. The molecule has 2 aromatic rings. The summed E-state index contributed by atoms with van der Waals surface area (Å²) in [6, 6.07) is 18.0. The molecule has 4 rings (SSSR count). The van der Waals surface area contributed by atoms with Gasteiger partial charge in [-0.25, -0.2) is 9.69 Å². The maximum Gasteiger partial charge on any atom is 0.417 e. The Kier molecular flexibility index (Phi) is 10.8. The van der Waals surface area contributed by atoms with Crippen LogP contribution >= 0.6 is 15.9 Å². The second-order valence-electron chi connectivity index (χ2n) is 10.00. The molecule has 2 heterocycles. The fourth-order valence-electron chi connectivity index (χ4n) is 4.68. The average Bonchev–Trinajstić information content (AvgIpc) is 3.38. The molecule has 0 radical (unpaired) electrons. The minimum Gasteiger partial charge on any atom is -0.446 e. The molecular formula is C30H34BrNO9. The number of carbonyl (C=O) groups excluding carboxylic acids is 3. The third-order valence-electron chi connectivity index (χ3n) is 7.02. The maximum absolute atomic E-state index is 13.4. The van der Waals surface area contributed by atoms with E-state index in [1.165, 1.54) is 13.0 Å². The number of aliphatic hydroxyl groups is 2. The van der Waals surface area contributed by atoms with Crippen molar-refractivity contribution in [3.05, 3.63) is 82.3 Å². The number of rotatable bonds is 13. The Morgan fingerprint density at radius 1 is 1.15 bits per heavy atom. The standard InChI is InChI=1S/C30H34BrNO9/c1-20(28(35)32-24(19-40-29(32)36)22-11-6-3-7-12-22)27-25(34)15-26(31)30(37,41-27)13-8-14-38-18-23(16-33)39-17-21-9-4-2-5-10-21/h2-7,9-12,15,20,23-24,27,33,37H,8,13-14,16-19H2,1H3/t20-,23-,24+,27+,30+/m1/s1. The van der Waals surface area contributed by atoms with Crippen LogP contribution in [0.2, 0.25) is 0 Å². The van der Waals surface area contributed by atoms with Crippen molar-refractivity contribution >= 4 is 33.7 Å².